The van der Waals surface area contributed by atoms with Gasteiger partial charge in [-0.3, -0.25) is 4.79 Å². The van der Waals surface area contributed by atoms with Gasteiger partial charge in [0.2, 0.25) is 0 Å². The largest absolute Gasteiger partial charge is 0.368 e. The zero-order valence-electron chi connectivity index (χ0n) is 17.3. The number of anilines is 1. The third kappa shape index (κ3) is 3.99. The number of carbonyl (C=O) groups is 1. The summed E-state index contributed by atoms with van der Waals surface area (Å²) in [6.07, 6.45) is -0.277. The predicted molar refractivity (Wildman–Crippen MR) is 123 cm³/mol. The summed E-state index contributed by atoms with van der Waals surface area (Å²) < 4.78 is 6.17. The van der Waals surface area contributed by atoms with E-state index < -0.39 is 0 Å². The Morgan fingerprint density at radius 3 is 2.40 bits per heavy atom. The number of amides is 1. The molecule has 0 fully saturated rings. The van der Waals surface area contributed by atoms with Crippen LogP contribution in [0, 0.1) is 13.8 Å². The molecule has 0 aliphatic rings. The molecule has 2 heterocycles. The minimum Gasteiger partial charge on any atom is -0.368 e. The van der Waals surface area contributed by atoms with Gasteiger partial charge < -0.3 is 10.1 Å². The van der Waals surface area contributed by atoms with Gasteiger partial charge in [0.1, 0.15) is 10.9 Å². The summed E-state index contributed by atoms with van der Waals surface area (Å²) in [5.41, 5.74) is 4.51. The first-order valence-corrected chi connectivity index (χ1v) is 10.8. The lowest BCUT2D eigenvalue weighted by Crippen LogP contribution is -2.14. The summed E-state index contributed by atoms with van der Waals surface area (Å²) in [5.74, 6) is -0.139. The molecule has 30 heavy (non-hydrogen) atoms. The lowest BCUT2D eigenvalue weighted by molar-refractivity contribution is 0.0940. The summed E-state index contributed by atoms with van der Waals surface area (Å²) in [4.78, 5) is 19.7. The van der Waals surface area contributed by atoms with E-state index in [2.05, 4.69) is 30.4 Å². The smallest absolute Gasteiger partial charge is 0.255 e. The second-order valence-corrected chi connectivity index (χ2v) is 8.20. The molecule has 2 aromatic carbocycles. The van der Waals surface area contributed by atoms with Crippen molar-refractivity contribution < 1.29 is 9.53 Å². The number of aryl methyl sites for hydroxylation is 2. The molecule has 0 bridgehead atoms. The average molecular weight is 417 g/mol. The van der Waals surface area contributed by atoms with Crippen molar-refractivity contribution in [3.05, 3.63) is 94.0 Å². The highest BCUT2D eigenvalue weighted by Crippen LogP contribution is 2.44. The highest BCUT2D eigenvalue weighted by Gasteiger charge is 2.26. The summed E-state index contributed by atoms with van der Waals surface area (Å²) >= 11 is 1.58. The van der Waals surface area contributed by atoms with Crippen molar-refractivity contribution in [1.82, 2.24) is 4.98 Å². The van der Waals surface area contributed by atoms with Gasteiger partial charge in [-0.2, -0.15) is 0 Å². The molecule has 1 atom stereocenters. The summed E-state index contributed by atoms with van der Waals surface area (Å²) in [5, 5.41) is 4.15. The quantitative estimate of drug-likeness (QED) is 0.402. The number of nitrogens with zero attached hydrogens (tertiary/aromatic N) is 1. The van der Waals surface area contributed by atoms with Crippen LogP contribution in [0.25, 0.3) is 10.2 Å². The van der Waals surface area contributed by atoms with Crippen LogP contribution in [0.3, 0.4) is 0 Å². The van der Waals surface area contributed by atoms with Crippen LogP contribution in [0.1, 0.15) is 45.1 Å². The van der Waals surface area contributed by atoms with Crippen LogP contribution in [0.4, 0.5) is 5.69 Å². The van der Waals surface area contributed by atoms with Gasteiger partial charge in [0.05, 0.1) is 10.6 Å². The van der Waals surface area contributed by atoms with Gasteiger partial charge in [0.25, 0.3) is 5.91 Å². The van der Waals surface area contributed by atoms with Gasteiger partial charge in [-0.15, -0.1) is 11.3 Å². The van der Waals surface area contributed by atoms with Gasteiger partial charge in [0, 0.05) is 23.3 Å². The summed E-state index contributed by atoms with van der Waals surface area (Å²) in [6, 6.07) is 21.4. The SMILES string of the molecule is CCO[C@@H](c1ccccc1)c1sc2nc(C)cc(C)c2c1NC(=O)c1ccccc1. The lowest BCUT2D eigenvalue weighted by atomic mass is 10.0. The maximum atomic E-state index is 13.0. The summed E-state index contributed by atoms with van der Waals surface area (Å²) in [6.45, 7) is 6.60. The zero-order chi connectivity index (χ0) is 21.1. The van der Waals surface area contributed by atoms with Crippen LogP contribution in [-0.2, 0) is 4.74 Å². The highest BCUT2D eigenvalue weighted by atomic mass is 32.1. The molecule has 0 radical (unpaired) electrons. The van der Waals surface area contributed by atoms with Gasteiger partial charge in [-0.25, -0.2) is 4.98 Å². The number of ether oxygens (including phenoxy) is 1. The molecule has 1 N–H and O–H groups in total. The third-order valence-electron chi connectivity index (χ3n) is 4.96. The highest BCUT2D eigenvalue weighted by molar-refractivity contribution is 7.19. The molecule has 0 aliphatic carbocycles. The minimum absolute atomic E-state index is 0.139. The molecule has 152 valence electrons. The topological polar surface area (TPSA) is 51.2 Å². The van der Waals surface area contributed by atoms with Gasteiger partial charge >= 0.3 is 0 Å². The second-order valence-electron chi connectivity index (χ2n) is 7.17. The van der Waals surface area contributed by atoms with Gasteiger partial charge in [0.15, 0.2) is 0 Å². The number of thiophene rings is 1. The minimum atomic E-state index is -0.277. The molecule has 1 amide bonds. The van der Waals surface area contributed by atoms with E-state index in [1.165, 1.54) is 0 Å². The summed E-state index contributed by atoms with van der Waals surface area (Å²) in [7, 11) is 0. The molecular formula is C25H24N2O2S. The molecule has 0 aliphatic heterocycles. The van der Waals surface area contributed by atoms with E-state index in [0.29, 0.717) is 12.2 Å². The van der Waals surface area contributed by atoms with E-state index in [1.54, 1.807) is 11.3 Å². The molecule has 4 rings (SSSR count). The van der Waals surface area contributed by atoms with Gasteiger partial charge in [-0.05, 0) is 50.1 Å². The zero-order valence-corrected chi connectivity index (χ0v) is 18.1. The monoisotopic (exact) mass is 416 g/mol. The Balaban J connectivity index is 1.89. The van der Waals surface area contributed by atoms with Crippen molar-refractivity contribution in [3.8, 4) is 0 Å². The molecule has 4 aromatic rings. The fourth-order valence-electron chi connectivity index (χ4n) is 3.66. The molecule has 5 heteroatoms. The predicted octanol–water partition coefficient (Wildman–Crippen LogP) is 6.29. The Labute approximate surface area is 180 Å². The van der Waals surface area contributed by atoms with E-state index in [1.807, 2.05) is 62.4 Å². The molecule has 4 nitrogen and oxygen atoms in total. The Hall–Kier alpha value is -3.02. The lowest BCUT2D eigenvalue weighted by Gasteiger charge is -2.19. The number of aromatic nitrogens is 1. The van der Waals surface area contributed by atoms with Crippen LogP contribution in [0.2, 0.25) is 0 Å². The van der Waals surface area contributed by atoms with E-state index in [4.69, 9.17) is 9.72 Å². The Morgan fingerprint density at radius 2 is 1.73 bits per heavy atom. The first-order valence-electron chi connectivity index (χ1n) is 10.0. The third-order valence-corrected chi connectivity index (χ3v) is 6.09. The van der Waals surface area contributed by atoms with Crippen LogP contribution in [-0.4, -0.2) is 17.5 Å². The fourth-order valence-corrected chi connectivity index (χ4v) is 4.99. The maximum absolute atomic E-state index is 13.0. The number of nitrogens with one attached hydrogen (secondary N) is 1. The number of carbonyl (C=O) groups excluding carboxylic acids is 1. The van der Waals surface area contributed by atoms with Crippen LogP contribution in [0.5, 0.6) is 0 Å². The number of fused-ring (bicyclic) bond motifs is 1. The van der Waals surface area contributed by atoms with Crippen LogP contribution in [0.15, 0.2) is 66.7 Å². The number of rotatable bonds is 6. The Bertz CT molecular complexity index is 1170. The van der Waals surface area contributed by atoms with Crippen molar-refractivity contribution in [2.24, 2.45) is 0 Å². The number of hydrogen-bond acceptors (Lipinski definition) is 4. The molecular weight excluding hydrogens is 392 g/mol. The maximum Gasteiger partial charge on any atom is 0.255 e. The average Bonchev–Trinajstić information content (AvgIpc) is 3.11. The molecule has 0 unspecified atom stereocenters. The van der Waals surface area contributed by atoms with E-state index >= 15 is 0 Å². The molecule has 2 aromatic heterocycles. The van der Waals surface area contributed by atoms with Crippen molar-refractivity contribution in [3.63, 3.8) is 0 Å². The number of hydrogen-bond donors (Lipinski definition) is 1. The first kappa shape index (κ1) is 20.3. The normalized spacial score (nSPS) is 12.1. The Kier molecular flexibility index (Phi) is 5.93. The van der Waals surface area contributed by atoms with Gasteiger partial charge in [-0.1, -0.05) is 48.5 Å². The first-order chi connectivity index (χ1) is 14.6. The van der Waals surface area contributed by atoms with E-state index in [9.17, 15) is 4.79 Å². The van der Waals surface area contributed by atoms with Crippen LogP contribution >= 0.6 is 11.3 Å². The van der Waals surface area contributed by atoms with Crippen molar-refractivity contribution in [2.75, 3.05) is 11.9 Å². The van der Waals surface area contributed by atoms with E-state index in [-0.39, 0.29) is 12.0 Å². The second kappa shape index (κ2) is 8.78. The molecule has 0 spiro atoms. The van der Waals surface area contributed by atoms with E-state index in [0.717, 1.165) is 37.6 Å². The fraction of sp³-hybridized carbons (Fsp3) is 0.200. The van der Waals surface area contributed by atoms with Crippen molar-refractivity contribution >= 4 is 33.1 Å². The van der Waals surface area contributed by atoms with Crippen molar-refractivity contribution in [1.29, 1.82) is 0 Å². The molecule has 0 saturated heterocycles. The number of benzene rings is 2. The van der Waals surface area contributed by atoms with Crippen LogP contribution < -0.4 is 5.32 Å². The standard InChI is InChI=1S/C25H24N2O2S/c1-4-29-22(18-11-7-5-8-12-18)23-21(27-24(28)19-13-9-6-10-14-19)20-16(2)15-17(3)26-25(20)30-23/h5-15,22H,4H2,1-3H3,(H,27,28)/t22-/m0/s1. The van der Waals surface area contributed by atoms with Crippen molar-refractivity contribution in [2.45, 2.75) is 26.9 Å². The Morgan fingerprint density at radius 1 is 1.07 bits per heavy atom. The molecule has 0 saturated carbocycles. The number of pyridine rings is 1.